The number of nitrogens with zero attached hydrogens (tertiary/aromatic N) is 2. The Hall–Kier alpha value is -1.95. The molecule has 0 unspecified atom stereocenters. The zero-order valence-corrected chi connectivity index (χ0v) is 8.61. The van der Waals surface area contributed by atoms with Gasteiger partial charge in [-0.05, 0) is 12.1 Å². The quantitative estimate of drug-likeness (QED) is 0.849. The van der Waals surface area contributed by atoms with Gasteiger partial charge < -0.3 is 15.0 Å². The molecule has 84 valence electrons. The predicted octanol–water partition coefficient (Wildman–Crippen LogP) is 1.34. The van der Waals surface area contributed by atoms with Crippen molar-refractivity contribution in [1.82, 2.24) is 10.1 Å². The summed E-state index contributed by atoms with van der Waals surface area (Å²) >= 11 is 0. The maximum absolute atomic E-state index is 13.2. The fourth-order valence-corrected chi connectivity index (χ4v) is 1.26. The number of ether oxygens (including phenoxy) is 1. The van der Waals surface area contributed by atoms with Crippen molar-refractivity contribution in [3.63, 3.8) is 0 Å². The maximum Gasteiger partial charge on any atom is 0.240 e. The van der Waals surface area contributed by atoms with Gasteiger partial charge in [0.25, 0.3) is 0 Å². The zero-order chi connectivity index (χ0) is 11.5. The van der Waals surface area contributed by atoms with Crippen molar-refractivity contribution in [2.45, 2.75) is 6.54 Å². The minimum atomic E-state index is -0.423. The molecule has 0 aliphatic carbocycles. The predicted molar refractivity (Wildman–Crippen MR) is 54.1 cm³/mol. The second-order valence-electron chi connectivity index (χ2n) is 3.10. The monoisotopic (exact) mass is 223 g/mol. The van der Waals surface area contributed by atoms with Gasteiger partial charge in [0.2, 0.25) is 11.7 Å². The van der Waals surface area contributed by atoms with Crippen molar-refractivity contribution in [1.29, 1.82) is 0 Å². The number of nitrogens with two attached hydrogens (primary N) is 1. The van der Waals surface area contributed by atoms with E-state index < -0.39 is 5.82 Å². The van der Waals surface area contributed by atoms with Crippen LogP contribution in [0.2, 0.25) is 0 Å². The molecule has 0 saturated carbocycles. The highest BCUT2D eigenvalue weighted by atomic mass is 19.1. The van der Waals surface area contributed by atoms with Crippen molar-refractivity contribution in [2.75, 3.05) is 7.11 Å². The van der Waals surface area contributed by atoms with Crippen LogP contribution in [0.1, 0.15) is 5.89 Å². The molecule has 2 rings (SSSR count). The summed E-state index contributed by atoms with van der Waals surface area (Å²) in [5.41, 5.74) is 5.82. The minimum Gasteiger partial charge on any atom is -0.497 e. The van der Waals surface area contributed by atoms with Crippen molar-refractivity contribution < 1.29 is 13.7 Å². The van der Waals surface area contributed by atoms with Crippen LogP contribution >= 0.6 is 0 Å². The van der Waals surface area contributed by atoms with Gasteiger partial charge >= 0.3 is 0 Å². The van der Waals surface area contributed by atoms with E-state index in [1.54, 1.807) is 6.07 Å². The van der Waals surface area contributed by atoms with Gasteiger partial charge in [0.15, 0.2) is 0 Å². The number of hydrogen-bond donors (Lipinski definition) is 1. The molecule has 0 spiro atoms. The molecular weight excluding hydrogens is 213 g/mol. The highest BCUT2D eigenvalue weighted by Gasteiger charge is 2.10. The molecule has 0 aliphatic heterocycles. The van der Waals surface area contributed by atoms with Gasteiger partial charge in [-0.2, -0.15) is 4.98 Å². The molecule has 0 saturated heterocycles. The first-order valence-corrected chi connectivity index (χ1v) is 4.60. The topological polar surface area (TPSA) is 74.2 Å². The second-order valence-corrected chi connectivity index (χ2v) is 3.10. The first-order valence-electron chi connectivity index (χ1n) is 4.60. The molecule has 1 aromatic carbocycles. The number of methoxy groups -OCH3 is 1. The average Bonchev–Trinajstić information content (AvgIpc) is 2.76. The Balaban J connectivity index is 2.42. The van der Waals surface area contributed by atoms with Crippen molar-refractivity contribution in [3.05, 3.63) is 29.9 Å². The van der Waals surface area contributed by atoms with Crippen LogP contribution in [0, 0.1) is 5.82 Å². The fourth-order valence-electron chi connectivity index (χ4n) is 1.26. The molecule has 1 heterocycles. The van der Waals surface area contributed by atoms with E-state index in [0.717, 1.165) is 0 Å². The second kappa shape index (κ2) is 4.28. The molecule has 5 nitrogen and oxygen atoms in total. The SMILES string of the molecule is COc1cc(F)cc(-c2noc(CN)n2)c1. The van der Waals surface area contributed by atoms with Crippen molar-refractivity contribution >= 4 is 0 Å². The third kappa shape index (κ3) is 2.01. The van der Waals surface area contributed by atoms with Gasteiger partial charge in [0.1, 0.15) is 11.6 Å². The van der Waals surface area contributed by atoms with Crippen LogP contribution in [-0.4, -0.2) is 17.3 Å². The number of hydrogen-bond acceptors (Lipinski definition) is 5. The Labute approximate surface area is 91.0 Å². The van der Waals surface area contributed by atoms with E-state index >= 15 is 0 Å². The summed E-state index contributed by atoms with van der Waals surface area (Å²) in [4.78, 5) is 3.99. The van der Waals surface area contributed by atoms with Crippen LogP contribution in [0.5, 0.6) is 5.75 Å². The summed E-state index contributed by atoms with van der Waals surface area (Å²) in [5.74, 6) is 0.569. The molecule has 1 aromatic heterocycles. The molecule has 2 N–H and O–H groups in total. The van der Waals surface area contributed by atoms with Crippen molar-refractivity contribution in [3.8, 4) is 17.1 Å². The number of benzene rings is 1. The average molecular weight is 223 g/mol. The lowest BCUT2D eigenvalue weighted by Crippen LogP contribution is -1.95. The molecule has 0 radical (unpaired) electrons. The first-order chi connectivity index (χ1) is 7.72. The van der Waals surface area contributed by atoms with E-state index in [2.05, 4.69) is 10.1 Å². The Morgan fingerprint density at radius 3 is 2.88 bits per heavy atom. The van der Waals surface area contributed by atoms with Gasteiger partial charge in [-0.25, -0.2) is 4.39 Å². The highest BCUT2D eigenvalue weighted by molar-refractivity contribution is 5.57. The van der Waals surface area contributed by atoms with Gasteiger partial charge in [0.05, 0.1) is 13.7 Å². The Kier molecular flexibility index (Phi) is 2.82. The first kappa shape index (κ1) is 10.6. The summed E-state index contributed by atoms with van der Waals surface area (Å²) in [6.07, 6.45) is 0. The Morgan fingerprint density at radius 1 is 1.44 bits per heavy atom. The summed E-state index contributed by atoms with van der Waals surface area (Å²) in [6.45, 7) is 0.152. The number of rotatable bonds is 3. The third-order valence-electron chi connectivity index (χ3n) is 2.01. The molecule has 0 aliphatic rings. The molecule has 0 amide bonds. The summed E-state index contributed by atoms with van der Waals surface area (Å²) in [5, 5.41) is 3.69. The van der Waals surface area contributed by atoms with Crippen LogP contribution in [0.15, 0.2) is 22.7 Å². The highest BCUT2D eigenvalue weighted by Crippen LogP contribution is 2.23. The maximum atomic E-state index is 13.2. The van der Waals surface area contributed by atoms with E-state index in [0.29, 0.717) is 23.0 Å². The number of aromatic nitrogens is 2. The van der Waals surface area contributed by atoms with Crippen molar-refractivity contribution in [2.24, 2.45) is 5.73 Å². The summed E-state index contributed by atoms with van der Waals surface area (Å²) < 4.78 is 23.0. The van der Waals surface area contributed by atoms with Crippen LogP contribution in [-0.2, 0) is 6.54 Å². The van der Waals surface area contributed by atoms with Gasteiger partial charge in [-0.15, -0.1) is 0 Å². The largest absolute Gasteiger partial charge is 0.497 e. The molecule has 6 heteroatoms. The number of halogens is 1. The molecule has 0 atom stereocenters. The van der Waals surface area contributed by atoms with Crippen LogP contribution in [0.25, 0.3) is 11.4 Å². The lowest BCUT2D eigenvalue weighted by Gasteiger charge is -2.01. The molecule has 2 aromatic rings. The normalized spacial score (nSPS) is 10.4. The van der Waals surface area contributed by atoms with Crippen LogP contribution < -0.4 is 10.5 Å². The molecular formula is C10H10FN3O2. The van der Waals surface area contributed by atoms with E-state index in [4.69, 9.17) is 15.0 Å². The lowest BCUT2D eigenvalue weighted by atomic mass is 10.2. The standard InChI is InChI=1S/C10H10FN3O2/c1-15-8-3-6(2-7(11)4-8)10-13-9(5-12)16-14-10/h2-4H,5,12H2,1H3. The zero-order valence-electron chi connectivity index (χ0n) is 8.61. The fraction of sp³-hybridized carbons (Fsp3) is 0.200. The molecule has 16 heavy (non-hydrogen) atoms. The Morgan fingerprint density at radius 2 is 2.25 bits per heavy atom. The van der Waals surface area contributed by atoms with Gasteiger partial charge in [-0.3, -0.25) is 0 Å². The van der Waals surface area contributed by atoms with E-state index in [-0.39, 0.29) is 6.54 Å². The van der Waals surface area contributed by atoms with E-state index in [9.17, 15) is 4.39 Å². The molecule has 0 fully saturated rings. The Bertz CT molecular complexity index is 499. The smallest absolute Gasteiger partial charge is 0.240 e. The minimum absolute atomic E-state index is 0.152. The van der Waals surface area contributed by atoms with E-state index in [1.165, 1.54) is 19.2 Å². The van der Waals surface area contributed by atoms with Crippen LogP contribution in [0.4, 0.5) is 4.39 Å². The summed E-state index contributed by atoms with van der Waals surface area (Å²) in [6, 6.07) is 4.19. The van der Waals surface area contributed by atoms with Gasteiger partial charge in [0, 0.05) is 11.6 Å². The molecule has 0 bridgehead atoms. The van der Waals surface area contributed by atoms with Crippen LogP contribution in [0.3, 0.4) is 0 Å². The lowest BCUT2D eigenvalue weighted by molar-refractivity contribution is 0.380. The third-order valence-corrected chi connectivity index (χ3v) is 2.01. The summed E-state index contributed by atoms with van der Waals surface area (Å²) in [7, 11) is 1.46. The van der Waals surface area contributed by atoms with E-state index in [1.807, 2.05) is 0 Å². The van der Waals surface area contributed by atoms with Gasteiger partial charge in [-0.1, -0.05) is 5.16 Å².